The van der Waals surface area contributed by atoms with Gasteiger partial charge in [-0.15, -0.1) is 6.58 Å². The molecule has 0 saturated heterocycles. The van der Waals surface area contributed by atoms with E-state index in [1.165, 1.54) is 0 Å². The Kier molecular flexibility index (Phi) is 2.44. The molecular weight excluding hydrogens is 216 g/mol. The highest BCUT2D eigenvalue weighted by molar-refractivity contribution is 7.71. The summed E-state index contributed by atoms with van der Waals surface area (Å²) >= 11 is 11.1. The lowest BCUT2D eigenvalue weighted by Gasteiger charge is -1.98. The van der Waals surface area contributed by atoms with Crippen molar-refractivity contribution >= 4 is 34.9 Å². The van der Waals surface area contributed by atoms with Gasteiger partial charge in [0.15, 0.2) is 4.77 Å². The Morgan fingerprint density at radius 2 is 2.36 bits per heavy atom. The number of halogens is 1. The van der Waals surface area contributed by atoms with E-state index in [0.29, 0.717) is 16.3 Å². The smallest absolute Gasteiger partial charge is 0.178 e. The number of hydrogen-bond acceptors (Lipinski definition) is 1. The lowest BCUT2D eigenvalue weighted by atomic mass is 10.3. The van der Waals surface area contributed by atoms with E-state index in [4.69, 9.17) is 23.8 Å². The molecule has 2 nitrogen and oxygen atoms in total. The van der Waals surface area contributed by atoms with E-state index in [1.54, 1.807) is 0 Å². The van der Waals surface area contributed by atoms with E-state index in [2.05, 4.69) is 11.6 Å². The van der Waals surface area contributed by atoms with Crippen molar-refractivity contribution in [2.45, 2.75) is 6.54 Å². The Bertz CT molecular complexity index is 539. The van der Waals surface area contributed by atoms with E-state index in [0.717, 1.165) is 11.0 Å². The van der Waals surface area contributed by atoms with Crippen molar-refractivity contribution in [3.8, 4) is 0 Å². The second kappa shape index (κ2) is 3.59. The molecule has 0 aliphatic carbocycles. The predicted octanol–water partition coefficient (Wildman–Crippen LogP) is 3.54. The quantitative estimate of drug-likeness (QED) is 0.611. The van der Waals surface area contributed by atoms with Crippen LogP contribution in [0.3, 0.4) is 0 Å². The van der Waals surface area contributed by atoms with Gasteiger partial charge in [0.25, 0.3) is 0 Å². The van der Waals surface area contributed by atoms with Gasteiger partial charge in [0.1, 0.15) is 0 Å². The van der Waals surface area contributed by atoms with Gasteiger partial charge in [-0.3, -0.25) is 0 Å². The molecule has 0 bridgehead atoms. The summed E-state index contributed by atoms with van der Waals surface area (Å²) < 4.78 is 2.68. The first-order valence-corrected chi connectivity index (χ1v) is 5.00. The van der Waals surface area contributed by atoms with E-state index < -0.39 is 0 Å². The number of imidazole rings is 1. The normalized spacial score (nSPS) is 10.6. The third-order valence-corrected chi connectivity index (χ3v) is 2.61. The second-order valence-corrected chi connectivity index (χ2v) is 3.81. The zero-order valence-electron chi connectivity index (χ0n) is 7.46. The van der Waals surface area contributed by atoms with Crippen molar-refractivity contribution in [1.82, 2.24) is 9.55 Å². The molecule has 0 radical (unpaired) electrons. The van der Waals surface area contributed by atoms with Crippen molar-refractivity contribution in [1.29, 1.82) is 0 Å². The average Bonchev–Trinajstić information content (AvgIpc) is 2.43. The van der Waals surface area contributed by atoms with E-state index in [-0.39, 0.29) is 0 Å². The molecule has 14 heavy (non-hydrogen) atoms. The Labute approximate surface area is 91.8 Å². The molecule has 1 N–H and O–H groups in total. The summed E-state index contributed by atoms with van der Waals surface area (Å²) in [6, 6.07) is 5.67. The number of aromatic nitrogens is 2. The molecule has 1 aromatic heterocycles. The van der Waals surface area contributed by atoms with Gasteiger partial charge in [-0.05, 0) is 30.4 Å². The summed E-state index contributed by atoms with van der Waals surface area (Å²) in [5.74, 6) is 0. The Balaban J connectivity index is 2.76. The molecule has 0 aliphatic rings. The number of nitrogens with zero attached hydrogens (tertiary/aromatic N) is 1. The molecule has 0 unspecified atom stereocenters. The lowest BCUT2D eigenvalue weighted by Crippen LogP contribution is -1.93. The Morgan fingerprint density at radius 1 is 1.57 bits per heavy atom. The van der Waals surface area contributed by atoms with Crippen LogP contribution >= 0.6 is 23.8 Å². The first kappa shape index (κ1) is 9.49. The molecule has 1 aromatic carbocycles. The molecule has 72 valence electrons. The molecule has 2 rings (SSSR count). The molecule has 0 fully saturated rings. The first-order chi connectivity index (χ1) is 6.72. The van der Waals surface area contributed by atoms with Gasteiger partial charge in [-0.2, -0.15) is 0 Å². The van der Waals surface area contributed by atoms with Gasteiger partial charge in [0.2, 0.25) is 0 Å². The van der Waals surface area contributed by atoms with Crippen LogP contribution in [0.5, 0.6) is 0 Å². The van der Waals surface area contributed by atoms with Crippen molar-refractivity contribution in [3.63, 3.8) is 0 Å². The van der Waals surface area contributed by atoms with E-state index in [9.17, 15) is 0 Å². The third kappa shape index (κ3) is 1.49. The number of aromatic amines is 1. The monoisotopic (exact) mass is 224 g/mol. The van der Waals surface area contributed by atoms with Crippen LogP contribution in [0.25, 0.3) is 11.0 Å². The van der Waals surface area contributed by atoms with Crippen molar-refractivity contribution in [2.24, 2.45) is 0 Å². The van der Waals surface area contributed by atoms with Gasteiger partial charge < -0.3 is 9.55 Å². The van der Waals surface area contributed by atoms with Gasteiger partial charge in [0, 0.05) is 11.6 Å². The topological polar surface area (TPSA) is 20.7 Å². The van der Waals surface area contributed by atoms with Crippen molar-refractivity contribution < 1.29 is 0 Å². The molecule has 4 heteroatoms. The summed E-state index contributed by atoms with van der Waals surface area (Å²) in [7, 11) is 0. The molecular formula is C10H9ClN2S. The lowest BCUT2D eigenvalue weighted by molar-refractivity contribution is 0.836. The number of fused-ring (bicyclic) bond motifs is 1. The predicted molar refractivity (Wildman–Crippen MR) is 62.3 cm³/mol. The SMILES string of the molecule is C=CCn1c(=S)[nH]c2cc(Cl)ccc21. The number of hydrogen-bond donors (Lipinski definition) is 1. The molecule has 0 spiro atoms. The molecule has 1 heterocycles. The minimum atomic E-state index is 0.696. The van der Waals surface area contributed by atoms with E-state index in [1.807, 2.05) is 28.8 Å². The fraction of sp³-hybridized carbons (Fsp3) is 0.100. The van der Waals surface area contributed by atoms with Crippen LogP contribution in [0, 0.1) is 4.77 Å². The Morgan fingerprint density at radius 3 is 3.07 bits per heavy atom. The molecule has 0 saturated carbocycles. The summed E-state index contributed by atoms with van der Waals surface area (Å²) in [5, 5.41) is 0.708. The standard InChI is InChI=1S/C10H9ClN2S/c1-2-5-13-9-4-3-7(11)6-8(9)12-10(13)14/h2-4,6H,1,5H2,(H,12,14). The average molecular weight is 225 g/mol. The van der Waals surface area contributed by atoms with Crippen LogP contribution in [0.2, 0.25) is 5.02 Å². The zero-order chi connectivity index (χ0) is 10.1. The second-order valence-electron chi connectivity index (χ2n) is 2.99. The maximum Gasteiger partial charge on any atom is 0.178 e. The third-order valence-electron chi connectivity index (χ3n) is 2.05. The molecule has 0 aliphatic heterocycles. The van der Waals surface area contributed by atoms with Crippen molar-refractivity contribution in [2.75, 3.05) is 0 Å². The number of nitrogens with one attached hydrogen (secondary N) is 1. The van der Waals surface area contributed by atoms with Crippen LogP contribution in [-0.2, 0) is 6.54 Å². The van der Waals surface area contributed by atoms with Crippen LogP contribution in [0.1, 0.15) is 0 Å². The fourth-order valence-corrected chi connectivity index (χ4v) is 1.90. The van der Waals surface area contributed by atoms with Gasteiger partial charge in [-0.25, -0.2) is 0 Å². The summed E-state index contributed by atoms with van der Waals surface area (Å²) in [4.78, 5) is 3.10. The maximum absolute atomic E-state index is 5.87. The van der Waals surface area contributed by atoms with E-state index >= 15 is 0 Å². The number of allylic oxidation sites excluding steroid dienone is 1. The van der Waals surface area contributed by atoms with Crippen LogP contribution in [-0.4, -0.2) is 9.55 Å². The van der Waals surface area contributed by atoms with Gasteiger partial charge >= 0.3 is 0 Å². The Hall–Kier alpha value is -1.06. The highest BCUT2D eigenvalue weighted by Gasteiger charge is 2.02. The number of H-pyrrole nitrogens is 1. The van der Waals surface area contributed by atoms with Crippen LogP contribution in [0.4, 0.5) is 0 Å². The highest BCUT2D eigenvalue weighted by Crippen LogP contribution is 2.18. The largest absolute Gasteiger partial charge is 0.331 e. The van der Waals surface area contributed by atoms with Crippen LogP contribution in [0.15, 0.2) is 30.9 Å². The zero-order valence-corrected chi connectivity index (χ0v) is 9.03. The van der Waals surface area contributed by atoms with Gasteiger partial charge in [-0.1, -0.05) is 17.7 Å². The minimum absolute atomic E-state index is 0.696. The highest BCUT2D eigenvalue weighted by atomic mass is 35.5. The minimum Gasteiger partial charge on any atom is -0.331 e. The first-order valence-electron chi connectivity index (χ1n) is 4.21. The summed E-state index contributed by atoms with van der Waals surface area (Å²) in [6.45, 7) is 4.40. The molecule has 2 aromatic rings. The summed E-state index contributed by atoms with van der Waals surface area (Å²) in [6.07, 6.45) is 1.82. The van der Waals surface area contributed by atoms with Gasteiger partial charge in [0.05, 0.1) is 11.0 Å². The molecule has 0 amide bonds. The maximum atomic E-state index is 5.87. The fourth-order valence-electron chi connectivity index (χ4n) is 1.45. The van der Waals surface area contributed by atoms with Crippen LogP contribution < -0.4 is 0 Å². The number of benzene rings is 1. The number of rotatable bonds is 2. The summed E-state index contributed by atoms with van der Waals surface area (Å²) in [5.41, 5.74) is 2.02. The molecule has 0 atom stereocenters. The van der Waals surface area contributed by atoms with Crippen molar-refractivity contribution in [3.05, 3.63) is 40.6 Å².